The Hall–Kier alpha value is -7.62. The number of carbonyl (C=O) groups excluding carboxylic acids is 1. The molecule has 0 N–H and O–H groups in total. The van der Waals surface area contributed by atoms with Crippen molar-refractivity contribution in [1.29, 1.82) is 0 Å². The number of ether oxygens (including phenoxy) is 20. The highest BCUT2D eigenvalue weighted by Crippen LogP contribution is 2.19. The van der Waals surface area contributed by atoms with Gasteiger partial charge in [-0.3, -0.25) is 4.79 Å². The molecule has 0 radical (unpaired) electrons. The lowest BCUT2D eigenvalue weighted by Gasteiger charge is -2.06. The monoisotopic (exact) mass is 1730 g/mol. The molecule has 30 heteroatoms. The Morgan fingerprint density at radius 3 is 0.983 bits per heavy atom. The van der Waals surface area contributed by atoms with Gasteiger partial charge >= 0.3 is 42.3 Å². The molecule has 3 saturated heterocycles. The van der Waals surface area contributed by atoms with Gasteiger partial charge < -0.3 is 94.7 Å². The van der Waals surface area contributed by atoms with Gasteiger partial charge in [-0.25, -0.2) is 0 Å². The highest BCUT2D eigenvalue weighted by atomic mass is 19.3. The van der Waals surface area contributed by atoms with Gasteiger partial charge in [-0.1, -0.05) is 185 Å². The summed E-state index contributed by atoms with van der Waals surface area (Å²) >= 11 is 0. The van der Waals surface area contributed by atoms with Crippen LogP contribution in [0, 0.1) is 0 Å². The third kappa shape index (κ3) is 97.5. The number of rotatable bonds is 58. The van der Waals surface area contributed by atoms with Crippen molar-refractivity contribution in [3.63, 3.8) is 0 Å². The van der Waals surface area contributed by atoms with Crippen LogP contribution in [0.4, 0.5) is 39.5 Å². The van der Waals surface area contributed by atoms with Gasteiger partial charge in [0.15, 0.2) is 0 Å². The minimum absolute atomic E-state index is 0.0491. The second kappa shape index (κ2) is 96.8. The number of halogens is 9. The predicted octanol–water partition coefficient (Wildman–Crippen LogP) is 22.7. The highest BCUT2D eigenvalue weighted by Gasteiger charge is 2.24. The van der Waals surface area contributed by atoms with Crippen LogP contribution in [0.2, 0.25) is 0 Å². The molecule has 0 aliphatic carbocycles. The number of hydrogen-bond acceptors (Lipinski definition) is 21. The maximum absolute atomic E-state index is 11.9. The van der Waals surface area contributed by atoms with Gasteiger partial charge in [-0.2, -0.15) is 39.5 Å². The van der Waals surface area contributed by atoms with Gasteiger partial charge in [0.25, 0.3) is 0 Å². The maximum Gasteiger partial charge on any atom is 0.342 e. The zero-order chi connectivity index (χ0) is 90.4. The summed E-state index contributed by atoms with van der Waals surface area (Å²) in [6, 6.07) is 18.7. The largest absolute Gasteiger partial charge is 0.502 e. The zero-order valence-corrected chi connectivity index (χ0v) is 73.5. The van der Waals surface area contributed by atoms with Crippen LogP contribution >= 0.6 is 0 Å². The van der Waals surface area contributed by atoms with Crippen LogP contribution in [0.15, 0.2) is 154 Å². The number of esters is 1. The number of carbonyl (C=O) groups is 1. The molecule has 3 unspecified atom stereocenters. The molecule has 0 spiro atoms. The molecule has 6 rings (SSSR count). The van der Waals surface area contributed by atoms with Crippen LogP contribution in [0.1, 0.15) is 172 Å². The van der Waals surface area contributed by atoms with Crippen LogP contribution in [0.25, 0.3) is 18.2 Å². The first-order valence-electron chi connectivity index (χ1n) is 40.6. The van der Waals surface area contributed by atoms with E-state index >= 15 is 0 Å². The number of methoxy groups -OCH3 is 8. The van der Waals surface area contributed by atoms with Gasteiger partial charge in [-0.15, -0.1) is 0 Å². The van der Waals surface area contributed by atoms with E-state index in [0.29, 0.717) is 77.7 Å². The third-order valence-corrected chi connectivity index (χ3v) is 15.0. The molecule has 694 valence electrons. The normalized spacial score (nSPS) is 12.8. The lowest BCUT2D eigenvalue weighted by atomic mass is 10.1. The minimum atomic E-state index is -2.45. The minimum Gasteiger partial charge on any atom is -0.502 e. The fourth-order valence-corrected chi connectivity index (χ4v) is 8.08. The smallest absolute Gasteiger partial charge is 0.342 e. The van der Waals surface area contributed by atoms with Crippen molar-refractivity contribution >= 4 is 24.2 Å². The molecule has 21 nitrogen and oxygen atoms in total. The average Bonchev–Trinajstić information content (AvgIpc) is 1.86. The Labute approximate surface area is 711 Å². The first-order chi connectivity index (χ1) is 58.2. The van der Waals surface area contributed by atoms with E-state index in [9.17, 15) is 44.3 Å². The van der Waals surface area contributed by atoms with Gasteiger partial charge in [-0.05, 0) is 104 Å². The Bertz CT molecular complexity index is 2820. The SMILES string of the molecule is C=COCCCCOC.C=COCCOC.C=Cc1ccc(OCCCCC)cc1.C=Cc1ccc(OCCCCCCC)cc1.C=Cc1ccc(OCCCCCCCCC)cc1.COC(F)=C(F)F.COCC1CO1.COCCCC(=O)OCC1CO1.COCCCCOC(F)=C(F)F.COCCOC(F)=C(F)F.COCCOCC1CO1. The van der Waals surface area contributed by atoms with E-state index in [-0.39, 0.29) is 31.9 Å². The second-order valence-corrected chi connectivity index (χ2v) is 25.2. The molecule has 0 saturated carbocycles. The maximum atomic E-state index is 11.9. The van der Waals surface area contributed by atoms with Crippen molar-refractivity contribution in [3.05, 3.63) is 171 Å². The van der Waals surface area contributed by atoms with Crippen LogP contribution in [-0.2, 0) is 85.3 Å². The molecule has 3 aliphatic rings. The first-order valence-corrected chi connectivity index (χ1v) is 40.6. The number of epoxide rings is 3. The number of unbranched alkanes of at least 4 members (excludes halogenated alkanes) is 14. The van der Waals surface area contributed by atoms with Crippen molar-refractivity contribution in [3.8, 4) is 17.2 Å². The van der Waals surface area contributed by atoms with Crippen molar-refractivity contribution < 1.29 is 139 Å². The second-order valence-electron chi connectivity index (χ2n) is 25.2. The van der Waals surface area contributed by atoms with E-state index in [0.717, 1.165) is 146 Å². The summed E-state index contributed by atoms with van der Waals surface area (Å²) < 4.78 is 197. The van der Waals surface area contributed by atoms with Gasteiger partial charge in [0.2, 0.25) is 0 Å². The quantitative estimate of drug-likeness (QED) is 0.0169. The van der Waals surface area contributed by atoms with Crippen LogP contribution in [-0.4, -0.2) is 213 Å². The Morgan fingerprint density at radius 2 is 0.642 bits per heavy atom. The Balaban J connectivity index is -0.000000410. The summed E-state index contributed by atoms with van der Waals surface area (Å²) in [5.41, 5.74) is 3.40. The lowest BCUT2D eigenvalue weighted by molar-refractivity contribution is -0.144. The highest BCUT2D eigenvalue weighted by molar-refractivity contribution is 5.69. The molecule has 3 aliphatic heterocycles. The number of benzene rings is 3. The van der Waals surface area contributed by atoms with Gasteiger partial charge in [0.1, 0.15) is 55.4 Å². The topological polar surface area (TPSA) is 212 Å². The zero-order valence-electron chi connectivity index (χ0n) is 73.5. The van der Waals surface area contributed by atoms with Crippen molar-refractivity contribution in [2.45, 2.75) is 174 Å². The van der Waals surface area contributed by atoms with Crippen molar-refractivity contribution in [2.75, 3.05) is 189 Å². The predicted molar refractivity (Wildman–Crippen MR) is 456 cm³/mol. The molecule has 3 aromatic rings. The fraction of sp³-hybridized carbons (Fsp3) is 0.611. The first kappa shape index (κ1) is 121. The molecule has 0 aromatic heterocycles. The average molecular weight is 1730 g/mol. The van der Waals surface area contributed by atoms with Gasteiger partial charge in [0, 0.05) is 76.0 Å². The molecular formula is C90H145F9O21. The van der Waals surface area contributed by atoms with E-state index in [2.05, 4.69) is 82.1 Å². The van der Waals surface area contributed by atoms with E-state index in [1.807, 2.05) is 91.0 Å². The van der Waals surface area contributed by atoms with Gasteiger partial charge in [0.05, 0.1) is 112 Å². The third-order valence-electron chi connectivity index (χ3n) is 15.0. The fourth-order valence-electron chi connectivity index (χ4n) is 8.08. The lowest BCUT2D eigenvalue weighted by Crippen LogP contribution is -2.10. The molecule has 3 heterocycles. The Morgan fingerprint density at radius 1 is 0.333 bits per heavy atom. The Kier molecular flexibility index (Phi) is 97.6. The van der Waals surface area contributed by atoms with Crippen molar-refractivity contribution in [2.24, 2.45) is 0 Å². The molecule has 0 amide bonds. The molecule has 120 heavy (non-hydrogen) atoms. The number of hydrogen-bond donors (Lipinski definition) is 0. The standard InChI is InChI=1S/C17H26O.C15H22O.C13H18O.C8H14O4.C7H11F3O2.C7H14O2.C6H12O3.C5H7F3O2.C5H10O2.C4H8O2.C3H3F3O/c1-3-5-6-7-8-9-10-15-18-17-13-11-16(4-2)12-14-17;1-3-5-6-7-8-13-16-15-11-9-14(4-2)10-12-15;1-3-5-6-11-14-13-9-7-12(4-2)8-10-13;1-10-4-2-3-8(9)12-6-7-5-11-7;1-11-4-2-3-5-12-7(10)6(8)9;1-3-9-7-5-4-6-8-2;1-7-2-3-8-4-6-5-9-6;1-9-2-3-10-5(8)4(6)7;1-3-7-5-4-6-2;1-5-2-4-3-6-4;1-7-3(6)2(4)5/h4,11-14H,2-3,5-10,15H2,1H3;4,9-12H,2-3,5-8,13H2,1H3;4,7-10H,2-3,5-6,11H2,1H3;7H,2-6H2,1H3;2-5H2,1H3;3H,1,4-7H2,2H3;6H,2-5H2,1H3;2-3H2,1H3;3H,1,4-5H2,2H3;4H,2-3H2,1H3;1H3. The van der Waals surface area contributed by atoms with E-state index < -0.39 is 36.3 Å². The molecular weight excluding hydrogens is 1590 g/mol. The van der Waals surface area contributed by atoms with Crippen LogP contribution in [0.3, 0.4) is 0 Å². The summed E-state index contributed by atoms with van der Waals surface area (Å²) in [6.45, 7) is 36.6. The summed E-state index contributed by atoms with van der Waals surface area (Å²) in [6.07, 6.45) is 25.8. The summed E-state index contributed by atoms with van der Waals surface area (Å²) in [5, 5.41) is 0. The van der Waals surface area contributed by atoms with E-state index in [1.54, 1.807) is 35.5 Å². The summed E-state index contributed by atoms with van der Waals surface area (Å²) in [4.78, 5) is 10.9. The van der Waals surface area contributed by atoms with Crippen LogP contribution < -0.4 is 14.2 Å². The molecule has 3 fully saturated rings. The van der Waals surface area contributed by atoms with Crippen LogP contribution in [0.5, 0.6) is 17.2 Å². The summed E-state index contributed by atoms with van der Waals surface area (Å²) in [5.74, 6) is 2.71. The van der Waals surface area contributed by atoms with Crippen molar-refractivity contribution in [1.82, 2.24) is 0 Å². The molecule has 3 aromatic carbocycles. The molecule has 0 bridgehead atoms. The van der Waals surface area contributed by atoms with E-state index in [4.69, 9.17) is 66.3 Å². The molecule has 3 atom stereocenters. The summed E-state index contributed by atoms with van der Waals surface area (Å²) in [7, 11) is 12.0. The van der Waals surface area contributed by atoms with E-state index in [1.165, 1.54) is 104 Å².